The largest absolute Gasteiger partial charge is 0.444 e. The standard InChI is InChI=1S/C12H15FN2O2/c13-11-4-2-1-3-9(11)8-17-12(16)15-6-5-10(14)7-15/h1-4,10H,5-8,14H2. The number of likely N-dealkylation sites (tertiary alicyclic amines) is 1. The van der Waals surface area contributed by atoms with Gasteiger partial charge in [-0.3, -0.25) is 0 Å². The lowest BCUT2D eigenvalue weighted by Gasteiger charge is -2.15. The summed E-state index contributed by atoms with van der Waals surface area (Å²) in [6.45, 7) is 1.07. The Balaban J connectivity index is 1.86. The monoisotopic (exact) mass is 238 g/mol. The fraction of sp³-hybridized carbons (Fsp3) is 0.417. The molecule has 17 heavy (non-hydrogen) atoms. The summed E-state index contributed by atoms with van der Waals surface area (Å²) < 4.78 is 18.3. The quantitative estimate of drug-likeness (QED) is 0.849. The molecule has 92 valence electrons. The summed E-state index contributed by atoms with van der Waals surface area (Å²) in [5.74, 6) is -0.363. The van der Waals surface area contributed by atoms with Gasteiger partial charge >= 0.3 is 6.09 Å². The molecule has 0 radical (unpaired) electrons. The van der Waals surface area contributed by atoms with Gasteiger partial charge in [-0.1, -0.05) is 18.2 Å². The lowest BCUT2D eigenvalue weighted by atomic mass is 10.2. The number of carbonyl (C=O) groups is 1. The van der Waals surface area contributed by atoms with Crippen LogP contribution >= 0.6 is 0 Å². The Kier molecular flexibility index (Phi) is 3.58. The predicted molar refractivity (Wildman–Crippen MR) is 60.8 cm³/mol. The summed E-state index contributed by atoms with van der Waals surface area (Å²) in [5.41, 5.74) is 6.06. The molecule has 0 aromatic heterocycles. The van der Waals surface area contributed by atoms with Gasteiger partial charge in [0.1, 0.15) is 12.4 Å². The maximum absolute atomic E-state index is 13.3. The lowest BCUT2D eigenvalue weighted by molar-refractivity contribution is 0.103. The van der Waals surface area contributed by atoms with E-state index in [1.54, 1.807) is 23.1 Å². The second kappa shape index (κ2) is 5.14. The number of rotatable bonds is 2. The van der Waals surface area contributed by atoms with Crippen LogP contribution in [-0.2, 0) is 11.3 Å². The van der Waals surface area contributed by atoms with Crippen LogP contribution in [-0.4, -0.2) is 30.1 Å². The molecule has 1 saturated heterocycles. The topological polar surface area (TPSA) is 55.6 Å². The van der Waals surface area contributed by atoms with Gasteiger partial charge in [0, 0.05) is 24.7 Å². The van der Waals surface area contributed by atoms with Crippen molar-refractivity contribution in [2.75, 3.05) is 13.1 Å². The molecule has 1 heterocycles. The molecule has 1 atom stereocenters. The molecule has 2 N–H and O–H groups in total. The van der Waals surface area contributed by atoms with Crippen LogP contribution in [0.5, 0.6) is 0 Å². The molecule has 0 spiro atoms. The molecular formula is C12H15FN2O2. The normalized spacial score (nSPS) is 19.4. The number of hydrogen-bond donors (Lipinski definition) is 1. The summed E-state index contributed by atoms with van der Waals surface area (Å²) in [6.07, 6.45) is 0.357. The third-order valence-corrected chi connectivity index (χ3v) is 2.79. The molecule has 0 bridgehead atoms. The highest BCUT2D eigenvalue weighted by molar-refractivity contribution is 5.68. The Bertz CT molecular complexity index is 411. The molecule has 1 unspecified atom stereocenters. The van der Waals surface area contributed by atoms with Gasteiger partial charge in [0.15, 0.2) is 0 Å². The first-order chi connectivity index (χ1) is 8.16. The summed E-state index contributed by atoms with van der Waals surface area (Å²) in [7, 11) is 0. The number of benzene rings is 1. The Hall–Kier alpha value is -1.62. The van der Waals surface area contributed by atoms with Crippen molar-refractivity contribution in [1.82, 2.24) is 4.90 Å². The zero-order valence-electron chi connectivity index (χ0n) is 9.43. The molecule has 0 aliphatic carbocycles. The SMILES string of the molecule is NC1CCN(C(=O)OCc2ccccc2F)C1. The van der Waals surface area contributed by atoms with Crippen molar-refractivity contribution in [3.05, 3.63) is 35.6 Å². The highest BCUT2D eigenvalue weighted by Crippen LogP contribution is 2.12. The predicted octanol–water partition coefficient (Wildman–Crippen LogP) is 1.50. The summed E-state index contributed by atoms with van der Waals surface area (Å²) in [4.78, 5) is 13.1. The van der Waals surface area contributed by atoms with Crippen molar-refractivity contribution in [2.24, 2.45) is 5.73 Å². The summed E-state index contributed by atoms with van der Waals surface area (Å²) in [6, 6.07) is 6.27. The maximum atomic E-state index is 13.3. The second-order valence-electron chi connectivity index (χ2n) is 4.14. The van der Waals surface area contributed by atoms with E-state index in [1.165, 1.54) is 6.07 Å². The van der Waals surface area contributed by atoms with Crippen LogP contribution in [0.1, 0.15) is 12.0 Å². The average Bonchev–Trinajstić information content (AvgIpc) is 2.74. The molecule has 1 amide bonds. The number of ether oxygens (including phenoxy) is 1. The zero-order chi connectivity index (χ0) is 12.3. The highest BCUT2D eigenvalue weighted by Gasteiger charge is 2.24. The van der Waals surface area contributed by atoms with Gasteiger partial charge in [-0.05, 0) is 12.5 Å². The highest BCUT2D eigenvalue weighted by atomic mass is 19.1. The van der Waals surface area contributed by atoms with Crippen LogP contribution in [0.25, 0.3) is 0 Å². The van der Waals surface area contributed by atoms with Gasteiger partial charge in [0.25, 0.3) is 0 Å². The lowest BCUT2D eigenvalue weighted by Crippen LogP contribution is -2.32. The third-order valence-electron chi connectivity index (χ3n) is 2.79. The Morgan fingerprint density at radius 3 is 2.94 bits per heavy atom. The van der Waals surface area contributed by atoms with Crippen LogP contribution < -0.4 is 5.73 Å². The van der Waals surface area contributed by atoms with Crippen molar-refractivity contribution < 1.29 is 13.9 Å². The molecule has 1 aliphatic rings. The summed E-state index contributed by atoms with van der Waals surface area (Å²) >= 11 is 0. The van der Waals surface area contributed by atoms with E-state index in [2.05, 4.69) is 0 Å². The second-order valence-corrected chi connectivity index (χ2v) is 4.14. The average molecular weight is 238 g/mol. The minimum atomic E-state index is -0.429. The van der Waals surface area contributed by atoms with E-state index in [-0.39, 0.29) is 18.5 Å². The fourth-order valence-corrected chi connectivity index (χ4v) is 1.80. The van der Waals surface area contributed by atoms with Gasteiger partial charge in [0.05, 0.1) is 0 Å². The zero-order valence-corrected chi connectivity index (χ0v) is 9.43. The van der Waals surface area contributed by atoms with Crippen LogP contribution in [0.15, 0.2) is 24.3 Å². The molecule has 1 fully saturated rings. The van der Waals surface area contributed by atoms with E-state index in [4.69, 9.17) is 10.5 Å². The van der Waals surface area contributed by atoms with E-state index < -0.39 is 6.09 Å². The number of carbonyl (C=O) groups excluding carboxylic acids is 1. The number of amides is 1. The van der Waals surface area contributed by atoms with Crippen molar-refractivity contribution in [1.29, 1.82) is 0 Å². The molecule has 4 nitrogen and oxygen atoms in total. The van der Waals surface area contributed by atoms with E-state index in [0.717, 1.165) is 6.42 Å². The van der Waals surface area contributed by atoms with Gasteiger partial charge in [-0.2, -0.15) is 0 Å². The van der Waals surface area contributed by atoms with Crippen LogP contribution in [0, 0.1) is 5.82 Å². The molecule has 1 aliphatic heterocycles. The molecule has 1 aromatic carbocycles. The fourth-order valence-electron chi connectivity index (χ4n) is 1.80. The maximum Gasteiger partial charge on any atom is 0.410 e. The molecular weight excluding hydrogens is 223 g/mol. The van der Waals surface area contributed by atoms with Gasteiger partial charge in [-0.15, -0.1) is 0 Å². The van der Waals surface area contributed by atoms with Crippen molar-refractivity contribution in [2.45, 2.75) is 19.1 Å². The van der Waals surface area contributed by atoms with Crippen molar-refractivity contribution >= 4 is 6.09 Å². The van der Waals surface area contributed by atoms with E-state index in [0.29, 0.717) is 18.7 Å². The van der Waals surface area contributed by atoms with Crippen LogP contribution in [0.4, 0.5) is 9.18 Å². The number of hydrogen-bond acceptors (Lipinski definition) is 3. The van der Waals surface area contributed by atoms with E-state index in [9.17, 15) is 9.18 Å². The van der Waals surface area contributed by atoms with Crippen molar-refractivity contribution in [3.63, 3.8) is 0 Å². The first kappa shape index (κ1) is 11.9. The number of nitrogens with two attached hydrogens (primary N) is 1. The van der Waals surface area contributed by atoms with Gasteiger partial charge in [0.2, 0.25) is 0 Å². The summed E-state index contributed by atoms with van der Waals surface area (Å²) in [5, 5.41) is 0. The van der Waals surface area contributed by atoms with Gasteiger partial charge in [-0.25, -0.2) is 9.18 Å². The minimum absolute atomic E-state index is 0.0241. The molecule has 0 saturated carbocycles. The molecule has 1 aromatic rings. The third kappa shape index (κ3) is 2.94. The first-order valence-electron chi connectivity index (χ1n) is 5.57. The van der Waals surface area contributed by atoms with E-state index >= 15 is 0 Å². The molecule has 2 rings (SSSR count). The Morgan fingerprint density at radius 1 is 1.53 bits per heavy atom. The molecule has 5 heteroatoms. The first-order valence-corrected chi connectivity index (χ1v) is 5.57. The Morgan fingerprint density at radius 2 is 2.29 bits per heavy atom. The smallest absolute Gasteiger partial charge is 0.410 e. The Labute approximate surface area is 99.2 Å². The van der Waals surface area contributed by atoms with E-state index in [1.807, 2.05) is 0 Å². The van der Waals surface area contributed by atoms with Gasteiger partial charge < -0.3 is 15.4 Å². The number of nitrogens with zero attached hydrogens (tertiary/aromatic N) is 1. The van der Waals surface area contributed by atoms with Crippen molar-refractivity contribution in [3.8, 4) is 0 Å². The van der Waals surface area contributed by atoms with Crippen LogP contribution in [0.3, 0.4) is 0 Å². The van der Waals surface area contributed by atoms with Crippen LogP contribution in [0.2, 0.25) is 0 Å². The number of halogens is 1. The minimum Gasteiger partial charge on any atom is -0.444 e.